The van der Waals surface area contributed by atoms with Crippen molar-refractivity contribution >= 4 is 47.4 Å². The van der Waals surface area contributed by atoms with Crippen LogP contribution < -0.4 is 60.6 Å². The molecule has 0 saturated heterocycles. The van der Waals surface area contributed by atoms with Crippen LogP contribution in [0.4, 0.5) is 0 Å². The number of amides is 6. The molecule has 0 aliphatic carbocycles. The number of hydrogen-bond donors (Lipinski definition) is 13. The van der Waals surface area contributed by atoms with Crippen molar-refractivity contribution in [3.8, 4) is 0 Å². The maximum absolute atomic E-state index is 13.6. The Morgan fingerprint density at radius 1 is 0.627 bits per heavy atom. The number of nitrogens with one attached hydrogen (secondary N) is 6. The van der Waals surface area contributed by atoms with Gasteiger partial charge in [-0.05, 0) is 85.2 Å². The molecule has 21 nitrogen and oxygen atoms in total. The van der Waals surface area contributed by atoms with E-state index in [1.54, 1.807) is 0 Å². The number of aliphatic hydroxyl groups excluding tert-OH is 1. The fourth-order valence-electron chi connectivity index (χ4n) is 4.48. The van der Waals surface area contributed by atoms with Crippen LogP contribution in [0.2, 0.25) is 0 Å². The molecule has 0 unspecified atom stereocenters. The maximum Gasteiger partial charge on any atom is 0.322 e. The number of hydrogen-bond acceptors (Lipinski definition) is 12. The first-order valence-corrected chi connectivity index (χ1v) is 16.9. The number of guanidine groups is 1. The molecule has 0 fully saturated rings. The predicted molar refractivity (Wildman–Crippen MR) is 187 cm³/mol. The van der Waals surface area contributed by atoms with E-state index in [2.05, 4.69) is 36.9 Å². The van der Waals surface area contributed by atoms with Crippen LogP contribution in [-0.4, -0.2) is 126 Å². The van der Waals surface area contributed by atoms with Crippen LogP contribution in [0.25, 0.3) is 0 Å². The summed E-state index contributed by atoms with van der Waals surface area (Å²) < 4.78 is 0. The van der Waals surface area contributed by atoms with Crippen LogP contribution in [0.15, 0.2) is 4.99 Å². The molecule has 0 aromatic carbocycles. The van der Waals surface area contributed by atoms with Crippen molar-refractivity contribution in [3.05, 3.63) is 0 Å². The van der Waals surface area contributed by atoms with Crippen LogP contribution >= 0.6 is 0 Å². The van der Waals surface area contributed by atoms with Gasteiger partial charge in [-0.25, -0.2) is 0 Å². The Kier molecular flexibility index (Phi) is 23.1. The van der Waals surface area contributed by atoms with Crippen molar-refractivity contribution in [3.63, 3.8) is 0 Å². The van der Waals surface area contributed by atoms with Gasteiger partial charge in [-0.3, -0.25) is 38.6 Å². The standard InChI is InChI=1S/C30H58N12O9/c1-16(33)24(46)38-17(2)25(47)42-23(18(3)43)29(51)41-21(10-5-7-13-32)28(50)40-20(9-4-6-12-31)27(49)39-19(11-8-14-36-30(34)35)26(48)37-15-22(44)45/h16-21,23,43H,4-15,31-33H2,1-3H3,(H,37,48)(H,38,46)(H,39,49)(H,40,50)(H,41,51)(H,42,47)(H,44,45)(H4,34,35,36)/t16-,17-,18+,19-,20-,21-,23-/m0/s1. The van der Waals surface area contributed by atoms with Gasteiger partial charge in [0, 0.05) is 6.54 Å². The van der Waals surface area contributed by atoms with Gasteiger partial charge in [0.15, 0.2) is 5.96 Å². The van der Waals surface area contributed by atoms with Crippen LogP contribution in [0.3, 0.4) is 0 Å². The number of rotatable bonds is 26. The molecule has 0 aliphatic heterocycles. The number of aliphatic hydroxyl groups is 1. The lowest BCUT2D eigenvalue weighted by molar-refractivity contribution is -0.138. The highest BCUT2D eigenvalue weighted by molar-refractivity contribution is 5.97. The number of nitrogens with two attached hydrogens (primary N) is 5. The minimum atomic E-state index is -1.54. The topological polar surface area (TPSA) is 375 Å². The zero-order valence-electron chi connectivity index (χ0n) is 29.6. The first kappa shape index (κ1) is 46.4. The average Bonchev–Trinajstić information content (AvgIpc) is 3.05. The van der Waals surface area contributed by atoms with Gasteiger partial charge in [-0.2, -0.15) is 0 Å². The summed E-state index contributed by atoms with van der Waals surface area (Å²) in [6, 6.07) is -7.24. The first-order valence-electron chi connectivity index (χ1n) is 16.9. The third-order valence-electron chi connectivity index (χ3n) is 7.38. The summed E-state index contributed by atoms with van der Waals surface area (Å²) in [5.74, 6) is -6.14. The molecule has 0 heterocycles. The minimum Gasteiger partial charge on any atom is -0.480 e. The van der Waals surface area contributed by atoms with Gasteiger partial charge in [0.2, 0.25) is 35.4 Å². The number of aliphatic carboxylic acids is 1. The number of nitrogens with zero attached hydrogens (tertiary/aromatic N) is 1. The Balaban J connectivity index is 6.10. The lowest BCUT2D eigenvalue weighted by Crippen LogP contribution is -2.61. The van der Waals surface area contributed by atoms with E-state index in [0.29, 0.717) is 32.2 Å². The summed E-state index contributed by atoms with van der Waals surface area (Å²) in [5.41, 5.74) is 27.4. The fourth-order valence-corrected chi connectivity index (χ4v) is 4.48. The molecule has 0 aliphatic rings. The number of carboxylic acids is 1. The number of aliphatic imine (C=N–C) groups is 1. The van der Waals surface area contributed by atoms with Gasteiger partial charge in [-0.15, -0.1) is 0 Å². The van der Waals surface area contributed by atoms with Crippen molar-refractivity contribution in [2.75, 3.05) is 26.2 Å². The van der Waals surface area contributed by atoms with Crippen LogP contribution in [0.1, 0.15) is 72.1 Å². The second-order valence-electron chi connectivity index (χ2n) is 12.1. The Morgan fingerprint density at radius 2 is 1.10 bits per heavy atom. The minimum absolute atomic E-state index is 0.0230. The highest BCUT2D eigenvalue weighted by atomic mass is 16.4. The third kappa shape index (κ3) is 20.0. The van der Waals surface area contributed by atoms with E-state index in [4.69, 9.17) is 33.8 Å². The normalized spacial score (nSPS) is 15.0. The molecular weight excluding hydrogens is 672 g/mol. The third-order valence-corrected chi connectivity index (χ3v) is 7.38. The SMILES string of the molecule is C[C@H](N)C(=O)N[C@@H](C)C(=O)N[C@H](C(=O)N[C@@H](CCCCN)C(=O)N[C@@H](CCCCN)C(=O)N[C@@H](CCCN=C(N)N)C(=O)NCC(=O)O)[C@@H](C)O. The van der Waals surface area contributed by atoms with Crippen LogP contribution in [0, 0.1) is 0 Å². The van der Waals surface area contributed by atoms with E-state index < -0.39 is 90.3 Å². The van der Waals surface area contributed by atoms with Crippen molar-refractivity contribution in [2.24, 2.45) is 33.7 Å². The molecular formula is C30H58N12O9. The molecule has 21 heteroatoms. The molecule has 0 spiro atoms. The van der Waals surface area contributed by atoms with Gasteiger partial charge in [0.05, 0.1) is 12.1 Å². The van der Waals surface area contributed by atoms with E-state index in [9.17, 15) is 38.7 Å². The highest BCUT2D eigenvalue weighted by Gasteiger charge is 2.33. The summed E-state index contributed by atoms with van der Waals surface area (Å²) >= 11 is 0. The van der Waals surface area contributed by atoms with E-state index in [0.717, 1.165) is 0 Å². The van der Waals surface area contributed by atoms with Crippen molar-refractivity contribution < 1.29 is 43.8 Å². The molecule has 6 amide bonds. The van der Waals surface area contributed by atoms with Gasteiger partial charge in [-0.1, -0.05) is 0 Å². The Bertz CT molecular complexity index is 1180. The van der Waals surface area contributed by atoms with Gasteiger partial charge in [0.1, 0.15) is 36.8 Å². The average molecular weight is 731 g/mol. The highest BCUT2D eigenvalue weighted by Crippen LogP contribution is 2.08. The largest absolute Gasteiger partial charge is 0.480 e. The van der Waals surface area contributed by atoms with Crippen LogP contribution in [0.5, 0.6) is 0 Å². The van der Waals surface area contributed by atoms with Crippen molar-refractivity contribution in [2.45, 2.75) is 114 Å². The molecule has 0 rings (SSSR count). The lowest BCUT2D eigenvalue weighted by atomic mass is 10.0. The number of unbranched alkanes of at least 4 members (excludes halogenated alkanes) is 2. The van der Waals surface area contributed by atoms with Crippen LogP contribution in [-0.2, 0) is 33.6 Å². The zero-order chi connectivity index (χ0) is 39.1. The first-order chi connectivity index (χ1) is 23.9. The van der Waals surface area contributed by atoms with E-state index >= 15 is 0 Å². The van der Waals surface area contributed by atoms with E-state index in [-0.39, 0.29) is 44.7 Å². The summed E-state index contributed by atoms with van der Waals surface area (Å²) in [6.45, 7) is 4.03. The van der Waals surface area contributed by atoms with Crippen molar-refractivity contribution in [1.29, 1.82) is 0 Å². The van der Waals surface area contributed by atoms with E-state index in [1.165, 1.54) is 20.8 Å². The van der Waals surface area contributed by atoms with Gasteiger partial charge < -0.3 is 70.8 Å². The lowest BCUT2D eigenvalue weighted by Gasteiger charge is -2.28. The molecule has 0 bridgehead atoms. The number of carbonyl (C=O) groups excluding carboxylic acids is 6. The molecule has 0 aromatic heterocycles. The molecule has 0 radical (unpaired) electrons. The molecule has 0 aromatic rings. The Morgan fingerprint density at radius 3 is 1.53 bits per heavy atom. The zero-order valence-corrected chi connectivity index (χ0v) is 29.6. The quantitative estimate of drug-likeness (QED) is 0.0225. The fraction of sp³-hybridized carbons (Fsp3) is 0.733. The summed E-state index contributed by atoms with van der Waals surface area (Å²) in [6.07, 6.45) is 0.752. The summed E-state index contributed by atoms with van der Waals surface area (Å²) in [7, 11) is 0. The maximum atomic E-state index is 13.6. The molecule has 292 valence electrons. The molecule has 51 heavy (non-hydrogen) atoms. The van der Waals surface area contributed by atoms with Gasteiger partial charge >= 0.3 is 5.97 Å². The summed E-state index contributed by atoms with van der Waals surface area (Å²) in [5, 5.41) is 34.0. The summed E-state index contributed by atoms with van der Waals surface area (Å²) in [4.78, 5) is 92.8. The number of carbonyl (C=O) groups is 7. The van der Waals surface area contributed by atoms with Gasteiger partial charge in [0.25, 0.3) is 0 Å². The molecule has 18 N–H and O–H groups in total. The number of carboxylic acid groups (broad SMARTS) is 1. The van der Waals surface area contributed by atoms with Crippen molar-refractivity contribution in [1.82, 2.24) is 31.9 Å². The second-order valence-corrected chi connectivity index (χ2v) is 12.1. The second kappa shape index (κ2) is 25.4. The molecule has 0 saturated carbocycles. The predicted octanol–water partition coefficient (Wildman–Crippen LogP) is -5.33. The Hall–Kier alpha value is -4.60. The molecule has 7 atom stereocenters. The van der Waals surface area contributed by atoms with E-state index in [1.807, 2.05) is 0 Å². The Labute approximate surface area is 297 Å². The monoisotopic (exact) mass is 730 g/mol. The smallest absolute Gasteiger partial charge is 0.322 e.